The molecule has 17 heavy (non-hydrogen) atoms. The van der Waals surface area contributed by atoms with Gasteiger partial charge in [-0.05, 0) is 11.6 Å². The summed E-state index contributed by atoms with van der Waals surface area (Å²) in [4.78, 5) is 10.9. The Balaban J connectivity index is 2.19. The molecule has 1 aliphatic rings. The Bertz CT molecular complexity index is 421. The minimum Gasteiger partial charge on any atom is -0.337 e. The smallest absolute Gasteiger partial charge is 0.337 e. The molecule has 2 rings (SSSR count). The standard InChI is InChI=1S/C11H11F3N2O/c12-11(13,14)9-3-1-2-7(4-9)8-5-15-10(17)16-6-8/h1-4,8H,5-6H2,(H2,15,16,17). The molecule has 1 heterocycles. The van der Waals surface area contributed by atoms with Crippen LogP contribution in [0.5, 0.6) is 0 Å². The van der Waals surface area contributed by atoms with Crippen molar-refractivity contribution in [1.82, 2.24) is 10.6 Å². The molecule has 0 bridgehead atoms. The van der Waals surface area contributed by atoms with E-state index in [9.17, 15) is 18.0 Å². The Morgan fingerprint density at radius 1 is 1.18 bits per heavy atom. The van der Waals surface area contributed by atoms with Gasteiger partial charge in [0.15, 0.2) is 0 Å². The van der Waals surface area contributed by atoms with Crippen molar-refractivity contribution in [3.63, 3.8) is 0 Å². The molecule has 0 unspecified atom stereocenters. The third-order valence-corrected chi connectivity index (χ3v) is 2.70. The van der Waals surface area contributed by atoms with Crippen LogP contribution in [0.25, 0.3) is 0 Å². The molecule has 1 aliphatic heterocycles. The molecule has 3 nitrogen and oxygen atoms in total. The molecule has 6 heteroatoms. The highest BCUT2D eigenvalue weighted by Gasteiger charge is 2.31. The van der Waals surface area contributed by atoms with Crippen LogP contribution in [-0.4, -0.2) is 19.1 Å². The van der Waals surface area contributed by atoms with Crippen LogP contribution in [0.4, 0.5) is 18.0 Å². The molecule has 0 atom stereocenters. The van der Waals surface area contributed by atoms with E-state index in [0.717, 1.165) is 12.1 Å². The zero-order valence-electron chi connectivity index (χ0n) is 8.84. The van der Waals surface area contributed by atoms with Gasteiger partial charge in [-0.25, -0.2) is 4.79 Å². The number of rotatable bonds is 1. The van der Waals surface area contributed by atoms with Crippen LogP contribution in [0.3, 0.4) is 0 Å². The summed E-state index contributed by atoms with van der Waals surface area (Å²) in [5.41, 5.74) is -0.0841. The predicted octanol–water partition coefficient (Wildman–Crippen LogP) is 2.10. The van der Waals surface area contributed by atoms with Crippen LogP contribution < -0.4 is 10.6 Å². The molecule has 0 aromatic heterocycles. The second-order valence-electron chi connectivity index (χ2n) is 3.91. The van der Waals surface area contributed by atoms with Gasteiger partial charge in [0.05, 0.1) is 5.56 Å². The van der Waals surface area contributed by atoms with Crippen molar-refractivity contribution >= 4 is 6.03 Å². The summed E-state index contributed by atoms with van der Waals surface area (Å²) < 4.78 is 37.5. The lowest BCUT2D eigenvalue weighted by molar-refractivity contribution is -0.137. The van der Waals surface area contributed by atoms with Crippen LogP contribution in [0, 0.1) is 0 Å². The molecular formula is C11H11F3N2O. The average molecular weight is 244 g/mol. The number of halogens is 3. The van der Waals surface area contributed by atoms with Crippen molar-refractivity contribution < 1.29 is 18.0 Å². The van der Waals surface area contributed by atoms with Gasteiger partial charge in [0.25, 0.3) is 0 Å². The first-order valence-corrected chi connectivity index (χ1v) is 5.15. The quantitative estimate of drug-likeness (QED) is 0.780. The van der Waals surface area contributed by atoms with E-state index >= 15 is 0 Å². The normalized spacial score (nSPS) is 17.5. The van der Waals surface area contributed by atoms with E-state index < -0.39 is 11.7 Å². The minimum atomic E-state index is -4.33. The molecule has 2 N–H and O–H groups in total. The van der Waals surface area contributed by atoms with Crippen molar-refractivity contribution in [3.8, 4) is 0 Å². The SMILES string of the molecule is O=C1NCC(c2cccc(C(F)(F)F)c2)CN1. The number of hydrogen-bond acceptors (Lipinski definition) is 1. The third kappa shape index (κ3) is 2.69. The summed E-state index contributed by atoms with van der Waals surface area (Å²) in [6.45, 7) is 0.709. The Hall–Kier alpha value is -1.72. The molecular weight excluding hydrogens is 233 g/mol. The van der Waals surface area contributed by atoms with E-state index in [1.165, 1.54) is 6.07 Å². The maximum Gasteiger partial charge on any atom is 0.416 e. The summed E-state index contributed by atoms with van der Waals surface area (Å²) in [7, 11) is 0. The Labute approximate surface area is 96.0 Å². The van der Waals surface area contributed by atoms with E-state index in [4.69, 9.17) is 0 Å². The Morgan fingerprint density at radius 2 is 1.82 bits per heavy atom. The average Bonchev–Trinajstić information content (AvgIpc) is 2.29. The fourth-order valence-electron chi connectivity index (χ4n) is 1.77. The van der Waals surface area contributed by atoms with E-state index in [-0.39, 0.29) is 11.9 Å². The summed E-state index contributed by atoms with van der Waals surface area (Å²) in [6, 6.07) is 4.91. The molecule has 92 valence electrons. The molecule has 1 aromatic rings. The molecule has 0 aliphatic carbocycles. The summed E-state index contributed by atoms with van der Waals surface area (Å²) in [5, 5.41) is 5.11. The number of hydrogen-bond donors (Lipinski definition) is 2. The monoisotopic (exact) mass is 244 g/mol. The van der Waals surface area contributed by atoms with Crippen molar-refractivity contribution in [2.75, 3.05) is 13.1 Å². The highest BCUT2D eigenvalue weighted by atomic mass is 19.4. The number of carbonyl (C=O) groups is 1. The molecule has 0 radical (unpaired) electrons. The van der Waals surface area contributed by atoms with Crippen LogP contribution in [0.2, 0.25) is 0 Å². The van der Waals surface area contributed by atoms with Crippen molar-refractivity contribution in [2.24, 2.45) is 0 Å². The maximum absolute atomic E-state index is 12.5. The fourth-order valence-corrected chi connectivity index (χ4v) is 1.77. The lowest BCUT2D eigenvalue weighted by atomic mass is 9.96. The van der Waals surface area contributed by atoms with Gasteiger partial charge in [-0.3, -0.25) is 0 Å². The highest BCUT2D eigenvalue weighted by molar-refractivity contribution is 5.74. The van der Waals surface area contributed by atoms with E-state index in [0.29, 0.717) is 18.7 Å². The van der Waals surface area contributed by atoms with Gasteiger partial charge in [0.1, 0.15) is 0 Å². The lowest BCUT2D eigenvalue weighted by Crippen LogP contribution is -2.47. The van der Waals surface area contributed by atoms with Crippen LogP contribution in [0.15, 0.2) is 24.3 Å². The lowest BCUT2D eigenvalue weighted by Gasteiger charge is -2.24. The van der Waals surface area contributed by atoms with Crippen molar-refractivity contribution in [2.45, 2.75) is 12.1 Å². The third-order valence-electron chi connectivity index (χ3n) is 2.70. The first-order chi connectivity index (χ1) is 7.97. The van der Waals surface area contributed by atoms with Gasteiger partial charge < -0.3 is 10.6 Å². The van der Waals surface area contributed by atoms with Crippen LogP contribution >= 0.6 is 0 Å². The number of carbonyl (C=O) groups excluding carboxylic acids is 1. The number of alkyl halides is 3. The van der Waals surface area contributed by atoms with E-state index in [1.807, 2.05) is 0 Å². The molecule has 1 saturated heterocycles. The first kappa shape index (κ1) is 11.8. The molecule has 0 spiro atoms. The molecule has 0 saturated carbocycles. The second-order valence-corrected chi connectivity index (χ2v) is 3.91. The largest absolute Gasteiger partial charge is 0.416 e. The van der Waals surface area contributed by atoms with Gasteiger partial charge in [0, 0.05) is 19.0 Å². The molecule has 1 fully saturated rings. The van der Waals surface area contributed by atoms with Gasteiger partial charge in [-0.15, -0.1) is 0 Å². The summed E-state index contributed by atoms with van der Waals surface area (Å²) >= 11 is 0. The van der Waals surface area contributed by atoms with Gasteiger partial charge in [-0.1, -0.05) is 18.2 Å². The van der Waals surface area contributed by atoms with Gasteiger partial charge in [-0.2, -0.15) is 13.2 Å². The fraction of sp³-hybridized carbons (Fsp3) is 0.364. The van der Waals surface area contributed by atoms with Gasteiger partial charge >= 0.3 is 12.2 Å². The van der Waals surface area contributed by atoms with Crippen molar-refractivity contribution in [1.29, 1.82) is 0 Å². The predicted molar refractivity (Wildman–Crippen MR) is 55.6 cm³/mol. The number of amides is 2. The van der Waals surface area contributed by atoms with E-state index in [2.05, 4.69) is 10.6 Å². The maximum atomic E-state index is 12.5. The Kier molecular flexibility index (Phi) is 2.95. The molecule has 1 aromatic carbocycles. The minimum absolute atomic E-state index is 0.130. The zero-order chi connectivity index (χ0) is 12.5. The number of nitrogens with one attached hydrogen (secondary N) is 2. The topological polar surface area (TPSA) is 41.1 Å². The zero-order valence-corrected chi connectivity index (χ0v) is 8.84. The van der Waals surface area contributed by atoms with Crippen LogP contribution in [0.1, 0.15) is 17.0 Å². The summed E-state index contributed by atoms with van der Waals surface area (Å²) in [6.07, 6.45) is -4.33. The van der Waals surface area contributed by atoms with Crippen molar-refractivity contribution in [3.05, 3.63) is 35.4 Å². The number of benzene rings is 1. The highest BCUT2D eigenvalue weighted by Crippen LogP contribution is 2.31. The Morgan fingerprint density at radius 3 is 2.41 bits per heavy atom. The number of urea groups is 1. The van der Waals surface area contributed by atoms with E-state index in [1.54, 1.807) is 6.07 Å². The van der Waals surface area contributed by atoms with Crippen LogP contribution in [-0.2, 0) is 6.18 Å². The summed E-state index contributed by atoms with van der Waals surface area (Å²) in [5.74, 6) is -0.130. The van der Waals surface area contributed by atoms with Gasteiger partial charge in [0.2, 0.25) is 0 Å². The molecule has 2 amide bonds. The first-order valence-electron chi connectivity index (χ1n) is 5.15. The second kappa shape index (κ2) is 4.27.